The molecule has 0 N–H and O–H groups in total. The Labute approximate surface area is 333 Å². The first-order chi connectivity index (χ1) is 27.7. The SMILES string of the molecule is CCc1ccc(C(=O)C2=[N+]3C(=C(c4ccc(C(C)(C)C)cc4)c4ccc5n4[C@@]34n3c(ccc3C5c3ccc(C)cc3)C(c3ccccc3)=C3C=CC=[N+]34)C=C2)cc1. The average molecular weight is 741 g/mol. The summed E-state index contributed by atoms with van der Waals surface area (Å²) in [5.74, 6) is -1.08. The lowest BCUT2D eigenvalue weighted by atomic mass is 9.85. The third-order valence-corrected chi connectivity index (χ3v) is 12.7. The van der Waals surface area contributed by atoms with Crippen molar-refractivity contribution in [3.63, 3.8) is 0 Å². The molecule has 0 bridgehead atoms. The molecule has 0 aliphatic carbocycles. The lowest BCUT2D eigenvalue weighted by Crippen LogP contribution is -2.65. The van der Waals surface area contributed by atoms with Gasteiger partial charge in [0.1, 0.15) is 0 Å². The lowest BCUT2D eigenvalue weighted by molar-refractivity contribution is -0.832. The van der Waals surface area contributed by atoms with Crippen molar-refractivity contribution in [2.75, 3.05) is 0 Å². The van der Waals surface area contributed by atoms with Crippen molar-refractivity contribution in [1.29, 1.82) is 0 Å². The van der Waals surface area contributed by atoms with Gasteiger partial charge in [0, 0.05) is 41.3 Å². The van der Waals surface area contributed by atoms with Gasteiger partial charge >= 0.3 is 5.91 Å². The first-order valence-corrected chi connectivity index (χ1v) is 20.2. The van der Waals surface area contributed by atoms with Crippen LogP contribution in [0.25, 0.3) is 11.1 Å². The first kappa shape index (κ1) is 33.7. The third kappa shape index (κ3) is 4.54. The monoisotopic (exact) mass is 740 g/mol. The Morgan fingerprint density at radius 2 is 1.32 bits per heavy atom. The van der Waals surface area contributed by atoms with Crippen LogP contribution in [0.3, 0.4) is 0 Å². The van der Waals surface area contributed by atoms with Crippen LogP contribution in [0.4, 0.5) is 0 Å². The van der Waals surface area contributed by atoms with Gasteiger partial charge in [-0.25, -0.2) is 9.13 Å². The van der Waals surface area contributed by atoms with Crippen LogP contribution in [0.5, 0.6) is 0 Å². The minimum absolute atomic E-state index is 0.000297. The molecule has 1 spiro atoms. The number of nitrogens with zero attached hydrogens (tertiary/aromatic N) is 4. The Bertz CT molecular complexity index is 2900. The molecule has 5 nitrogen and oxygen atoms in total. The Hall–Kier alpha value is -6.59. The molecular formula is C52H44N4O+2. The normalized spacial score (nSPS) is 19.8. The van der Waals surface area contributed by atoms with Crippen LogP contribution in [0.2, 0.25) is 0 Å². The highest BCUT2D eigenvalue weighted by atomic mass is 16.1. The van der Waals surface area contributed by atoms with Crippen LogP contribution in [0, 0.1) is 6.92 Å². The number of carbonyl (C=O) groups excluding carboxylic acids is 1. The summed E-state index contributed by atoms with van der Waals surface area (Å²) in [4.78, 5) is 15.2. The molecule has 2 aromatic heterocycles. The number of benzene rings is 4. The van der Waals surface area contributed by atoms with E-state index in [2.05, 4.69) is 199 Å². The van der Waals surface area contributed by atoms with E-state index >= 15 is 4.79 Å². The predicted octanol–water partition coefficient (Wildman–Crippen LogP) is 10.2. The molecule has 0 fully saturated rings. The molecular weight excluding hydrogens is 697 g/mol. The van der Waals surface area contributed by atoms with Gasteiger partial charge in [0.2, 0.25) is 11.4 Å². The van der Waals surface area contributed by atoms with Gasteiger partial charge in [-0.2, -0.15) is 0 Å². The van der Waals surface area contributed by atoms with E-state index in [1.165, 1.54) is 39.2 Å². The highest BCUT2D eigenvalue weighted by molar-refractivity contribution is 6.48. The van der Waals surface area contributed by atoms with Crippen molar-refractivity contribution in [1.82, 2.24) is 9.13 Å². The Morgan fingerprint density at radius 1 is 0.684 bits per heavy atom. The fraction of sp³-hybridized carbons (Fsp3) is 0.173. The molecule has 276 valence electrons. The predicted molar refractivity (Wildman–Crippen MR) is 228 cm³/mol. The van der Waals surface area contributed by atoms with Crippen molar-refractivity contribution in [2.45, 2.75) is 58.3 Å². The molecule has 5 heteroatoms. The van der Waals surface area contributed by atoms with Gasteiger partial charge in [0.25, 0.3) is 11.5 Å². The molecule has 7 heterocycles. The summed E-state index contributed by atoms with van der Waals surface area (Å²) in [7, 11) is 0. The molecule has 6 aromatic rings. The summed E-state index contributed by atoms with van der Waals surface area (Å²) < 4.78 is 9.87. The van der Waals surface area contributed by atoms with Gasteiger partial charge in [-0.3, -0.25) is 4.79 Å². The largest absolute Gasteiger partial charge is 0.553 e. The maximum atomic E-state index is 15.2. The molecule has 11 rings (SSSR count). The van der Waals surface area contributed by atoms with E-state index in [1.54, 1.807) is 0 Å². The average Bonchev–Trinajstić information content (AvgIpc) is 4.06. The molecule has 0 saturated carbocycles. The molecule has 1 unspecified atom stereocenters. The van der Waals surface area contributed by atoms with Crippen molar-refractivity contribution < 1.29 is 13.9 Å². The number of aromatic nitrogens is 2. The second-order valence-electron chi connectivity index (χ2n) is 16.9. The maximum absolute atomic E-state index is 15.2. The minimum atomic E-state index is -1.03. The summed E-state index contributed by atoms with van der Waals surface area (Å²) in [5, 5.41) is 0. The van der Waals surface area contributed by atoms with Crippen molar-refractivity contribution in [2.24, 2.45) is 0 Å². The number of carbonyl (C=O) groups is 1. The van der Waals surface area contributed by atoms with E-state index in [1.807, 2.05) is 12.1 Å². The second kappa shape index (κ2) is 12.0. The van der Waals surface area contributed by atoms with Gasteiger partial charge in [-0.1, -0.05) is 146 Å². The molecule has 0 saturated heterocycles. The summed E-state index contributed by atoms with van der Waals surface area (Å²) in [5.41, 5.74) is 17.6. The van der Waals surface area contributed by atoms with Gasteiger partial charge < -0.3 is 0 Å². The second-order valence-corrected chi connectivity index (χ2v) is 16.9. The minimum Gasteiger partial charge on any atom is -0.282 e. The smallest absolute Gasteiger partial charge is 0.282 e. The maximum Gasteiger partial charge on any atom is 0.553 e. The standard InChI is InChI=1S/C52H44N4O/c1-6-34-16-20-38(21-17-34)50(57)46-31-30-45-49(37-22-24-39(25-23-37)51(3,4)5)44-29-28-43-48(36-18-14-33(2)15-19-36)42-27-26-41-47(35-11-8-7-9-12-35)40-13-10-32-53(40)52(54(41)42,55(43)44)56(45)46/h7-32,48H,6H2,1-5H3/q+2/t48?,52-/m1/s1. The van der Waals surface area contributed by atoms with Crippen molar-refractivity contribution >= 4 is 28.9 Å². The summed E-state index contributed by atoms with van der Waals surface area (Å²) in [6.45, 7) is 11.1. The number of rotatable bonds is 6. The van der Waals surface area contributed by atoms with E-state index in [9.17, 15) is 0 Å². The zero-order chi connectivity index (χ0) is 38.8. The molecule has 0 radical (unpaired) electrons. The lowest BCUT2D eigenvalue weighted by Gasteiger charge is -2.43. The number of fused-ring (bicyclic) bond motifs is 2. The van der Waals surface area contributed by atoms with Gasteiger partial charge in [0.15, 0.2) is 6.21 Å². The van der Waals surface area contributed by atoms with Gasteiger partial charge in [-0.05, 0) is 70.8 Å². The fourth-order valence-corrected chi connectivity index (χ4v) is 9.90. The first-order valence-electron chi connectivity index (χ1n) is 20.2. The van der Waals surface area contributed by atoms with E-state index in [-0.39, 0.29) is 17.1 Å². The molecule has 0 amide bonds. The zero-order valence-corrected chi connectivity index (χ0v) is 33.0. The van der Waals surface area contributed by atoms with Crippen LogP contribution in [0.15, 0.2) is 163 Å². The number of hydrogen-bond acceptors (Lipinski definition) is 1. The van der Waals surface area contributed by atoms with Crippen LogP contribution in [0.1, 0.15) is 100 Å². The van der Waals surface area contributed by atoms with Crippen LogP contribution >= 0.6 is 0 Å². The summed E-state index contributed by atoms with van der Waals surface area (Å²) >= 11 is 0. The molecule has 5 aliphatic heterocycles. The highest BCUT2D eigenvalue weighted by Gasteiger charge is 2.72. The number of aryl methyl sites for hydroxylation is 2. The van der Waals surface area contributed by atoms with Crippen LogP contribution in [-0.4, -0.2) is 36.0 Å². The summed E-state index contributed by atoms with van der Waals surface area (Å²) in [6.07, 6.45) is 11.8. The summed E-state index contributed by atoms with van der Waals surface area (Å²) in [6, 6.07) is 46.3. The topological polar surface area (TPSA) is 32.9 Å². The number of hydrogen-bond donors (Lipinski definition) is 0. The third-order valence-electron chi connectivity index (χ3n) is 12.7. The van der Waals surface area contributed by atoms with E-state index in [4.69, 9.17) is 0 Å². The van der Waals surface area contributed by atoms with Gasteiger partial charge in [0.05, 0.1) is 28.5 Å². The number of allylic oxidation sites excluding steroid dienone is 4. The quantitative estimate of drug-likeness (QED) is 0.124. The number of ketones is 1. The Morgan fingerprint density at radius 3 is 1.95 bits per heavy atom. The van der Waals surface area contributed by atoms with Crippen molar-refractivity contribution in [3.05, 3.63) is 225 Å². The zero-order valence-electron chi connectivity index (χ0n) is 33.0. The molecule has 2 atom stereocenters. The van der Waals surface area contributed by atoms with Crippen molar-refractivity contribution in [3.8, 4) is 0 Å². The van der Waals surface area contributed by atoms with Crippen LogP contribution in [-0.2, 0) is 17.7 Å². The number of Topliss-reactive ketones (excluding diaryl/α,β-unsaturated/α-hetero) is 1. The Kier molecular flexibility index (Phi) is 7.07. The fourth-order valence-electron chi connectivity index (χ4n) is 9.90. The van der Waals surface area contributed by atoms with E-state index < -0.39 is 5.91 Å². The van der Waals surface area contributed by atoms with Crippen LogP contribution < -0.4 is 0 Å². The van der Waals surface area contributed by atoms with E-state index in [0.717, 1.165) is 45.9 Å². The van der Waals surface area contributed by atoms with E-state index in [0.29, 0.717) is 11.3 Å². The molecule has 4 aromatic carbocycles. The molecule has 5 aliphatic rings. The highest BCUT2D eigenvalue weighted by Crippen LogP contribution is 2.56. The van der Waals surface area contributed by atoms with Gasteiger partial charge in [-0.15, -0.1) is 0 Å². The molecule has 57 heavy (non-hydrogen) atoms. The Balaban J connectivity index is 1.28.